The number of carbonyl (C=O) groups is 2. The lowest BCUT2D eigenvalue weighted by molar-refractivity contribution is -0.138. The summed E-state index contributed by atoms with van der Waals surface area (Å²) in [6, 6.07) is -0.0229. The van der Waals surface area contributed by atoms with Gasteiger partial charge in [0.15, 0.2) is 0 Å². The molecule has 94 valence electrons. The van der Waals surface area contributed by atoms with Gasteiger partial charge in [-0.3, -0.25) is 4.79 Å². The number of carboxylic acids is 1. The summed E-state index contributed by atoms with van der Waals surface area (Å²) in [7, 11) is 0. The van der Waals surface area contributed by atoms with E-state index in [0.717, 1.165) is 19.3 Å². The van der Waals surface area contributed by atoms with Gasteiger partial charge < -0.3 is 14.7 Å². The summed E-state index contributed by atoms with van der Waals surface area (Å²) in [5, 5.41) is 8.88. The molecule has 0 radical (unpaired) electrons. The molecule has 5 nitrogen and oxygen atoms in total. The van der Waals surface area contributed by atoms with Gasteiger partial charge in [-0.25, -0.2) is 4.79 Å². The van der Waals surface area contributed by atoms with Gasteiger partial charge in [-0.15, -0.1) is 0 Å². The SMILES string of the molecule is C=CCOC(=O)N1[C@@H]2CC[C@@H](C2)[C@H]1CC(=O)O. The lowest BCUT2D eigenvalue weighted by Crippen LogP contribution is -2.46. The molecular formula is C12H17NO4. The third kappa shape index (κ3) is 2.28. The molecule has 2 fully saturated rings. The second-order valence-corrected chi connectivity index (χ2v) is 4.67. The Balaban J connectivity index is 2.04. The van der Waals surface area contributed by atoms with Crippen LogP contribution in [0.4, 0.5) is 4.79 Å². The number of nitrogens with zero attached hydrogens (tertiary/aromatic N) is 1. The van der Waals surface area contributed by atoms with Crippen molar-refractivity contribution in [1.29, 1.82) is 0 Å². The number of rotatable bonds is 4. The molecule has 1 amide bonds. The molecule has 3 atom stereocenters. The standard InChI is InChI=1S/C12H17NO4/c1-2-5-17-12(16)13-9-4-3-8(6-9)10(13)7-11(14)15/h2,8-10H,1,3-7H2,(H,14,15)/t8-,9+,10+/m0/s1. The molecule has 2 aliphatic rings. The second-order valence-electron chi connectivity index (χ2n) is 4.67. The minimum atomic E-state index is -0.857. The van der Waals surface area contributed by atoms with Crippen LogP contribution in [0.25, 0.3) is 0 Å². The van der Waals surface area contributed by atoms with Crippen molar-refractivity contribution in [2.24, 2.45) is 5.92 Å². The van der Waals surface area contributed by atoms with Crippen molar-refractivity contribution >= 4 is 12.1 Å². The van der Waals surface area contributed by atoms with Gasteiger partial charge in [-0.2, -0.15) is 0 Å². The van der Waals surface area contributed by atoms with E-state index in [1.807, 2.05) is 0 Å². The molecule has 17 heavy (non-hydrogen) atoms. The third-order valence-corrected chi connectivity index (χ3v) is 3.66. The highest BCUT2D eigenvalue weighted by molar-refractivity contribution is 5.72. The Bertz CT molecular complexity index is 341. The van der Waals surface area contributed by atoms with Crippen LogP contribution in [-0.2, 0) is 9.53 Å². The van der Waals surface area contributed by atoms with Gasteiger partial charge in [-0.1, -0.05) is 12.7 Å². The molecule has 2 bridgehead atoms. The molecule has 0 spiro atoms. The molecule has 1 saturated heterocycles. The number of aliphatic carboxylic acids is 1. The Labute approximate surface area is 100 Å². The minimum absolute atomic E-state index is 0.0182. The number of piperidine rings is 1. The topological polar surface area (TPSA) is 66.8 Å². The lowest BCUT2D eigenvalue weighted by atomic mass is 9.96. The fourth-order valence-electron chi connectivity index (χ4n) is 3.02. The van der Waals surface area contributed by atoms with Gasteiger partial charge in [0.2, 0.25) is 0 Å². The van der Waals surface area contributed by atoms with Crippen LogP contribution in [0.2, 0.25) is 0 Å². The van der Waals surface area contributed by atoms with Gasteiger partial charge in [0, 0.05) is 12.1 Å². The summed E-state index contributed by atoms with van der Waals surface area (Å²) in [5.74, 6) is -0.531. The van der Waals surface area contributed by atoms with Crippen LogP contribution in [0.5, 0.6) is 0 Å². The fraction of sp³-hybridized carbons (Fsp3) is 0.667. The normalized spacial score (nSPS) is 30.4. The van der Waals surface area contributed by atoms with Crippen LogP contribution in [0.15, 0.2) is 12.7 Å². The maximum Gasteiger partial charge on any atom is 0.410 e. The number of hydrogen-bond donors (Lipinski definition) is 1. The summed E-state index contributed by atoms with van der Waals surface area (Å²) in [6.07, 6.45) is 4.03. The Hall–Kier alpha value is -1.52. The maximum atomic E-state index is 11.8. The Morgan fingerprint density at radius 1 is 1.47 bits per heavy atom. The van der Waals surface area contributed by atoms with E-state index >= 15 is 0 Å². The summed E-state index contributed by atoms with van der Waals surface area (Å²) < 4.78 is 5.02. The molecule has 0 aromatic rings. The zero-order valence-electron chi connectivity index (χ0n) is 9.67. The monoisotopic (exact) mass is 239 g/mol. The molecule has 1 heterocycles. The number of ether oxygens (including phenoxy) is 1. The van der Waals surface area contributed by atoms with Gasteiger partial charge in [0.25, 0.3) is 0 Å². The quantitative estimate of drug-likeness (QED) is 0.757. The van der Waals surface area contributed by atoms with Gasteiger partial charge in [0.1, 0.15) is 6.61 Å². The summed E-state index contributed by atoms with van der Waals surface area (Å²) >= 11 is 0. The molecule has 1 saturated carbocycles. The number of likely N-dealkylation sites (tertiary alicyclic amines) is 1. The molecular weight excluding hydrogens is 222 g/mol. The van der Waals surface area contributed by atoms with Crippen molar-refractivity contribution in [3.63, 3.8) is 0 Å². The minimum Gasteiger partial charge on any atom is -0.481 e. The van der Waals surface area contributed by atoms with Crippen LogP contribution in [0.3, 0.4) is 0 Å². The fourth-order valence-corrected chi connectivity index (χ4v) is 3.02. The molecule has 5 heteroatoms. The zero-order chi connectivity index (χ0) is 12.4. The first-order chi connectivity index (χ1) is 8.13. The van der Waals surface area contributed by atoms with Crippen LogP contribution in [0.1, 0.15) is 25.7 Å². The van der Waals surface area contributed by atoms with Crippen molar-refractivity contribution in [2.75, 3.05) is 6.61 Å². The molecule has 0 aromatic carbocycles. The van der Waals surface area contributed by atoms with Gasteiger partial charge in [0.05, 0.1) is 6.42 Å². The predicted molar refractivity (Wildman–Crippen MR) is 60.6 cm³/mol. The molecule has 1 aliphatic carbocycles. The van der Waals surface area contributed by atoms with E-state index in [2.05, 4.69) is 6.58 Å². The summed E-state index contributed by atoms with van der Waals surface area (Å²) in [4.78, 5) is 24.3. The van der Waals surface area contributed by atoms with Crippen molar-refractivity contribution < 1.29 is 19.4 Å². The van der Waals surface area contributed by atoms with Crippen molar-refractivity contribution in [2.45, 2.75) is 37.8 Å². The summed E-state index contributed by atoms with van der Waals surface area (Å²) in [6.45, 7) is 3.66. The van der Waals surface area contributed by atoms with E-state index in [0.29, 0.717) is 5.92 Å². The second kappa shape index (κ2) is 4.77. The molecule has 2 rings (SSSR count). The molecule has 0 unspecified atom stereocenters. The molecule has 1 aliphatic heterocycles. The van der Waals surface area contributed by atoms with E-state index < -0.39 is 12.1 Å². The Kier molecular flexibility index (Phi) is 3.36. The Morgan fingerprint density at radius 3 is 2.88 bits per heavy atom. The highest BCUT2D eigenvalue weighted by Crippen LogP contribution is 2.43. The average molecular weight is 239 g/mol. The average Bonchev–Trinajstić information content (AvgIpc) is 2.85. The van der Waals surface area contributed by atoms with Crippen LogP contribution in [0, 0.1) is 5.92 Å². The van der Waals surface area contributed by atoms with Crippen LogP contribution in [-0.4, -0.2) is 40.8 Å². The highest BCUT2D eigenvalue weighted by Gasteiger charge is 2.49. The maximum absolute atomic E-state index is 11.8. The predicted octanol–water partition coefficient (Wildman–Crippen LogP) is 1.64. The Morgan fingerprint density at radius 2 is 2.24 bits per heavy atom. The highest BCUT2D eigenvalue weighted by atomic mass is 16.6. The van der Waals surface area contributed by atoms with E-state index in [1.54, 1.807) is 4.90 Å². The van der Waals surface area contributed by atoms with E-state index in [-0.39, 0.29) is 25.1 Å². The zero-order valence-corrected chi connectivity index (χ0v) is 9.67. The first-order valence-electron chi connectivity index (χ1n) is 5.91. The van der Waals surface area contributed by atoms with Gasteiger partial charge in [-0.05, 0) is 25.2 Å². The number of hydrogen-bond acceptors (Lipinski definition) is 3. The van der Waals surface area contributed by atoms with Crippen molar-refractivity contribution in [3.8, 4) is 0 Å². The van der Waals surface area contributed by atoms with E-state index in [4.69, 9.17) is 9.84 Å². The molecule has 1 N–H and O–H groups in total. The third-order valence-electron chi connectivity index (χ3n) is 3.66. The van der Waals surface area contributed by atoms with Crippen molar-refractivity contribution in [1.82, 2.24) is 4.90 Å². The van der Waals surface area contributed by atoms with E-state index in [1.165, 1.54) is 6.08 Å². The smallest absolute Gasteiger partial charge is 0.410 e. The number of carbonyl (C=O) groups excluding carboxylic acids is 1. The van der Waals surface area contributed by atoms with Crippen LogP contribution >= 0.6 is 0 Å². The number of carboxylic acid groups (broad SMARTS) is 1. The number of fused-ring (bicyclic) bond motifs is 2. The largest absolute Gasteiger partial charge is 0.481 e. The molecule has 0 aromatic heterocycles. The number of amides is 1. The first-order valence-corrected chi connectivity index (χ1v) is 5.91. The lowest BCUT2D eigenvalue weighted by Gasteiger charge is -2.33. The van der Waals surface area contributed by atoms with Crippen LogP contribution < -0.4 is 0 Å². The first kappa shape index (κ1) is 12.0. The van der Waals surface area contributed by atoms with Gasteiger partial charge >= 0.3 is 12.1 Å². The summed E-state index contributed by atoms with van der Waals surface area (Å²) in [5.41, 5.74) is 0. The van der Waals surface area contributed by atoms with E-state index in [9.17, 15) is 9.59 Å². The van der Waals surface area contributed by atoms with Crippen molar-refractivity contribution in [3.05, 3.63) is 12.7 Å².